The number of esters is 1. The number of rotatable bonds is 9. The molecule has 1 atom stereocenters. The lowest BCUT2D eigenvalue weighted by Crippen LogP contribution is -2.36. The summed E-state index contributed by atoms with van der Waals surface area (Å²) in [6.45, 7) is 1.46. The Morgan fingerprint density at radius 2 is 1.93 bits per heavy atom. The molecule has 0 saturated heterocycles. The molecular formula is C18H21NO7S. The van der Waals surface area contributed by atoms with Gasteiger partial charge in [0.05, 0.1) is 7.11 Å². The molecule has 27 heavy (non-hydrogen) atoms. The van der Waals surface area contributed by atoms with Crippen LogP contribution in [0.3, 0.4) is 0 Å². The number of benzene rings is 1. The summed E-state index contributed by atoms with van der Waals surface area (Å²) in [7, 11) is -2.90. The third kappa shape index (κ3) is 5.66. The number of aliphatic carboxylic acids is 1. The van der Waals surface area contributed by atoms with Crippen molar-refractivity contribution < 1.29 is 32.3 Å². The monoisotopic (exact) mass is 395 g/mol. The molecule has 2 N–H and O–H groups in total. The largest absolute Gasteiger partial charge is 0.481 e. The van der Waals surface area contributed by atoms with Crippen molar-refractivity contribution in [3.05, 3.63) is 53.3 Å². The molecule has 0 aliphatic rings. The van der Waals surface area contributed by atoms with Crippen LogP contribution >= 0.6 is 0 Å². The minimum Gasteiger partial charge on any atom is -0.481 e. The zero-order valence-electron chi connectivity index (χ0n) is 15.0. The van der Waals surface area contributed by atoms with Gasteiger partial charge in [0, 0.05) is 18.5 Å². The van der Waals surface area contributed by atoms with Gasteiger partial charge in [-0.2, -0.15) is 0 Å². The average molecular weight is 395 g/mol. The molecule has 9 heteroatoms. The molecular weight excluding hydrogens is 374 g/mol. The molecule has 2 aromatic rings. The predicted molar refractivity (Wildman–Crippen MR) is 95.9 cm³/mol. The van der Waals surface area contributed by atoms with Gasteiger partial charge in [0.2, 0.25) is 5.09 Å². The molecule has 0 amide bonds. The topological polar surface area (TPSA) is 123 Å². The first-order chi connectivity index (χ1) is 12.7. The van der Waals surface area contributed by atoms with Crippen LogP contribution in [0.2, 0.25) is 0 Å². The van der Waals surface area contributed by atoms with E-state index >= 15 is 0 Å². The summed E-state index contributed by atoms with van der Waals surface area (Å²) in [5.74, 6) is -1.61. The second kappa shape index (κ2) is 8.83. The Bertz CT molecular complexity index is 903. The van der Waals surface area contributed by atoms with E-state index < -0.39 is 33.1 Å². The molecule has 1 heterocycles. The number of furan rings is 1. The third-order valence-corrected chi connectivity index (χ3v) is 5.29. The molecule has 1 aromatic carbocycles. The maximum Gasteiger partial charge on any atom is 0.341 e. The van der Waals surface area contributed by atoms with E-state index in [9.17, 15) is 18.0 Å². The van der Waals surface area contributed by atoms with E-state index in [1.165, 1.54) is 14.0 Å². The number of carbonyl (C=O) groups excluding carboxylic acids is 1. The Morgan fingerprint density at radius 3 is 2.52 bits per heavy atom. The highest BCUT2D eigenvalue weighted by molar-refractivity contribution is 7.89. The molecule has 0 aliphatic heterocycles. The highest BCUT2D eigenvalue weighted by Crippen LogP contribution is 2.21. The van der Waals surface area contributed by atoms with Crippen LogP contribution < -0.4 is 4.72 Å². The van der Waals surface area contributed by atoms with Crippen molar-refractivity contribution in [2.24, 2.45) is 0 Å². The van der Waals surface area contributed by atoms with Gasteiger partial charge in [-0.15, -0.1) is 0 Å². The Hall–Kier alpha value is -2.65. The Labute approximate surface area is 157 Å². The van der Waals surface area contributed by atoms with Crippen LogP contribution in [0.1, 0.15) is 34.5 Å². The summed E-state index contributed by atoms with van der Waals surface area (Å²) in [4.78, 5) is 22.6. The van der Waals surface area contributed by atoms with Gasteiger partial charge in [-0.1, -0.05) is 30.3 Å². The summed E-state index contributed by atoms with van der Waals surface area (Å²) in [5.41, 5.74) is 0.879. The van der Waals surface area contributed by atoms with E-state index in [2.05, 4.69) is 9.46 Å². The van der Waals surface area contributed by atoms with Crippen molar-refractivity contribution in [2.75, 3.05) is 7.11 Å². The van der Waals surface area contributed by atoms with Crippen molar-refractivity contribution >= 4 is 22.0 Å². The fourth-order valence-electron chi connectivity index (χ4n) is 2.58. The van der Waals surface area contributed by atoms with Crippen LogP contribution in [-0.2, 0) is 26.0 Å². The number of nitrogens with one attached hydrogen (secondary N) is 1. The van der Waals surface area contributed by atoms with Crippen molar-refractivity contribution in [1.82, 2.24) is 4.72 Å². The fourth-order valence-corrected chi connectivity index (χ4v) is 3.84. The van der Waals surface area contributed by atoms with Crippen molar-refractivity contribution in [3.8, 4) is 0 Å². The number of sulfonamides is 1. The fraction of sp³-hybridized carbons (Fsp3) is 0.333. The Balaban J connectivity index is 2.23. The number of aryl methyl sites for hydroxylation is 1. The lowest BCUT2D eigenvalue weighted by Gasteiger charge is -2.17. The zero-order chi connectivity index (χ0) is 20.0. The number of methoxy groups -OCH3 is 1. The second-order valence-corrected chi connectivity index (χ2v) is 7.61. The molecule has 0 aliphatic carbocycles. The predicted octanol–water partition coefficient (Wildman–Crippen LogP) is 2.13. The number of hydrogen-bond donors (Lipinski definition) is 2. The van der Waals surface area contributed by atoms with E-state index in [-0.39, 0.29) is 24.2 Å². The van der Waals surface area contributed by atoms with Crippen molar-refractivity contribution in [2.45, 2.75) is 37.3 Å². The zero-order valence-corrected chi connectivity index (χ0v) is 15.8. The van der Waals surface area contributed by atoms with Gasteiger partial charge in [-0.05, 0) is 25.3 Å². The number of carboxylic acids is 1. The van der Waals surface area contributed by atoms with Crippen LogP contribution in [0.5, 0.6) is 0 Å². The van der Waals surface area contributed by atoms with Crippen LogP contribution in [0.25, 0.3) is 0 Å². The smallest absolute Gasteiger partial charge is 0.341 e. The lowest BCUT2D eigenvalue weighted by atomic mass is 10.0. The van der Waals surface area contributed by atoms with E-state index in [4.69, 9.17) is 9.52 Å². The van der Waals surface area contributed by atoms with Crippen molar-refractivity contribution in [3.63, 3.8) is 0 Å². The molecule has 1 aromatic heterocycles. The molecule has 0 saturated carbocycles. The molecule has 2 rings (SSSR count). The molecule has 0 spiro atoms. The Kier molecular flexibility index (Phi) is 6.75. The minimum absolute atomic E-state index is 0.0167. The molecule has 0 radical (unpaired) electrons. The van der Waals surface area contributed by atoms with E-state index in [0.29, 0.717) is 6.42 Å². The van der Waals surface area contributed by atoms with E-state index in [0.717, 1.165) is 11.6 Å². The molecule has 0 fully saturated rings. The number of carbonyl (C=O) groups is 2. The summed E-state index contributed by atoms with van der Waals surface area (Å²) < 4.78 is 37.6. The quantitative estimate of drug-likeness (QED) is 0.624. The summed E-state index contributed by atoms with van der Waals surface area (Å²) in [5, 5.41) is 8.50. The van der Waals surface area contributed by atoms with Gasteiger partial charge < -0.3 is 14.3 Å². The normalized spacial score (nSPS) is 12.5. The highest BCUT2D eigenvalue weighted by Gasteiger charge is 2.27. The van der Waals surface area contributed by atoms with Gasteiger partial charge in [-0.25, -0.2) is 17.9 Å². The average Bonchev–Trinajstić information content (AvgIpc) is 3.02. The first-order valence-corrected chi connectivity index (χ1v) is 9.68. The number of carboxylic acid groups (broad SMARTS) is 1. The Morgan fingerprint density at radius 1 is 1.26 bits per heavy atom. The second-order valence-electron chi connectivity index (χ2n) is 5.97. The van der Waals surface area contributed by atoms with Crippen LogP contribution in [0.15, 0.2) is 45.9 Å². The van der Waals surface area contributed by atoms with Crippen molar-refractivity contribution in [1.29, 1.82) is 0 Å². The first-order valence-electron chi connectivity index (χ1n) is 8.19. The maximum absolute atomic E-state index is 12.6. The van der Waals surface area contributed by atoms with Gasteiger partial charge in [0.25, 0.3) is 10.0 Å². The van der Waals surface area contributed by atoms with E-state index in [1.54, 1.807) is 0 Å². The maximum atomic E-state index is 12.6. The molecule has 0 bridgehead atoms. The third-order valence-electron chi connectivity index (χ3n) is 3.92. The van der Waals surface area contributed by atoms with Crippen LogP contribution in [-0.4, -0.2) is 38.6 Å². The summed E-state index contributed by atoms with van der Waals surface area (Å²) in [6, 6.07) is 9.57. The number of ether oxygens (including phenoxy) is 1. The SMILES string of the molecule is COC(=O)c1cc(S(=O)(=O)NC(CCC(=O)O)Cc2ccccc2)oc1C. The molecule has 146 valence electrons. The van der Waals surface area contributed by atoms with Gasteiger partial charge in [-0.3, -0.25) is 4.79 Å². The van der Waals surface area contributed by atoms with Gasteiger partial charge >= 0.3 is 11.9 Å². The summed E-state index contributed by atoms with van der Waals surface area (Å²) in [6.07, 6.45) is 0.231. The lowest BCUT2D eigenvalue weighted by molar-refractivity contribution is -0.137. The molecule has 1 unspecified atom stereocenters. The van der Waals surface area contributed by atoms with Crippen LogP contribution in [0, 0.1) is 6.92 Å². The van der Waals surface area contributed by atoms with Gasteiger partial charge in [0.1, 0.15) is 11.3 Å². The first kappa shape index (κ1) is 20.7. The van der Waals surface area contributed by atoms with E-state index in [1.807, 2.05) is 30.3 Å². The standard InChI is InChI=1S/C18H21NO7S/c1-12-15(18(22)25-2)11-17(26-12)27(23,24)19-14(8-9-16(20)21)10-13-6-4-3-5-7-13/h3-7,11,14,19H,8-10H2,1-2H3,(H,20,21). The minimum atomic E-state index is -4.09. The number of hydrogen-bond acceptors (Lipinski definition) is 6. The van der Waals surface area contributed by atoms with Gasteiger partial charge in [0.15, 0.2) is 0 Å². The molecule has 8 nitrogen and oxygen atoms in total. The summed E-state index contributed by atoms with van der Waals surface area (Å²) >= 11 is 0. The highest BCUT2D eigenvalue weighted by atomic mass is 32.2. The van der Waals surface area contributed by atoms with Crippen LogP contribution in [0.4, 0.5) is 0 Å².